The Hall–Kier alpha value is -7.30. The van der Waals surface area contributed by atoms with E-state index in [2.05, 4.69) is 271 Å². The molecule has 5 heterocycles. The average molecular weight is 1060 g/mol. The van der Waals surface area contributed by atoms with E-state index >= 15 is 0 Å². The van der Waals surface area contributed by atoms with Crippen molar-refractivity contribution in [3.05, 3.63) is 223 Å². The summed E-state index contributed by atoms with van der Waals surface area (Å²) in [6.45, 7) is 8.43. The Morgan fingerprint density at radius 2 is 0.784 bits per heavy atom. The zero-order valence-electron chi connectivity index (χ0n) is 41.3. The molecular formula is C66H48BBrN2O2S2. The van der Waals surface area contributed by atoms with E-state index in [9.17, 15) is 0 Å². The van der Waals surface area contributed by atoms with Crippen LogP contribution in [0, 0.1) is 0 Å². The van der Waals surface area contributed by atoms with Crippen LogP contribution in [-0.4, -0.2) is 27.5 Å². The first-order valence-electron chi connectivity index (χ1n) is 25.2. The van der Waals surface area contributed by atoms with E-state index in [0.717, 1.165) is 15.6 Å². The number of hydrogen-bond acceptors (Lipinski definition) is 4. The lowest BCUT2D eigenvalue weighted by Crippen LogP contribution is -2.41. The van der Waals surface area contributed by atoms with Crippen LogP contribution in [-0.2, 0) is 9.31 Å². The Kier molecular flexibility index (Phi) is 10.7. The molecule has 1 aliphatic rings. The summed E-state index contributed by atoms with van der Waals surface area (Å²) in [5.74, 6) is 0. The number of thiophene rings is 2. The summed E-state index contributed by atoms with van der Waals surface area (Å²) in [6, 6.07) is 79.1. The topological polar surface area (TPSA) is 28.3 Å². The Bertz CT molecular complexity index is 4510. The quantitative estimate of drug-likeness (QED) is 0.161. The van der Waals surface area contributed by atoms with E-state index < -0.39 is 7.12 Å². The molecule has 1 fully saturated rings. The van der Waals surface area contributed by atoms with E-state index in [1.165, 1.54) is 112 Å². The van der Waals surface area contributed by atoms with E-state index in [1.54, 1.807) is 0 Å². The molecule has 74 heavy (non-hydrogen) atoms. The maximum Gasteiger partial charge on any atom is 0.494 e. The van der Waals surface area contributed by atoms with Crippen LogP contribution in [0.2, 0.25) is 0 Å². The summed E-state index contributed by atoms with van der Waals surface area (Å²) in [4.78, 5) is 0. The van der Waals surface area contributed by atoms with Crippen molar-refractivity contribution in [2.45, 2.75) is 38.9 Å². The Balaban J connectivity index is 0.000000140. The fraction of sp³-hybridized carbons (Fsp3) is 0.0909. The molecule has 4 aromatic heterocycles. The van der Waals surface area contributed by atoms with Crippen molar-refractivity contribution in [3.63, 3.8) is 0 Å². The molecule has 0 unspecified atom stereocenters. The third kappa shape index (κ3) is 7.45. The molecular weight excluding hydrogens is 1010 g/mol. The predicted molar refractivity (Wildman–Crippen MR) is 322 cm³/mol. The minimum absolute atomic E-state index is 0.389. The van der Waals surface area contributed by atoms with Gasteiger partial charge in [0.15, 0.2) is 0 Å². The lowest BCUT2D eigenvalue weighted by molar-refractivity contribution is 0.00578. The second-order valence-electron chi connectivity index (χ2n) is 20.5. The lowest BCUT2D eigenvalue weighted by atomic mass is 9.78. The Morgan fingerprint density at radius 1 is 0.351 bits per heavy atom. The fourth-order valence-electron chi connectivity index (χ4n) is 11.1. The van der Waals surface area contributed by atoms with E-state index in [-0.39, 0.29) is 11.2 Å². The molecule has 1 saturated heterocycles. The van der Waals surface area contributed by atoms with Crippen LogP contribution in [0.4, 0.5) is 0 Å². The molecule has 0 bridgehead atoms. The summed E-state index contributed by atoms with van der Waals surface area (Å²) in [7, 11) is -0.407. The second kappa shape index (κ2) is 17.4. The molecule has 0 radical (unpaired) electrons. The zero-order chi connectivity index (χ0) is 49.9. The first-order chi connectivity index (χ1) is 36.0. The van der Waals surface area contributed by atoms with Crippen molar-refractivity contribution in [3.8, 4) is 33.6 Å². The van der Waals surface area contributed by atoms with Gasteiger partial charge < -0.3 is 18.4 Å². The molecule has 0 aliphatic carbocycles. The van der Waals surface area contributed by atoms with Crippen molar-refractivity contribution < 1.29 is 9.31 Å². The van der Waals surface area contributed by atoms with Gasteiger partial charge >= 0.3 is 7.12 Å². The van der Waals surface area contributed by atoms with Crippen molar-refractivity contribution >= 4 is 135 Å². The van der Waals surface area contributed by atoms with Gasteiger partial charge in [0.1, 0.15) is 0 Å². The first kappa shape index (κ1) is 45.3. The highest BCUT2D eigenvalue weighted by Gasteiger charge is 2.51. The van der Waals surface area contributed by atoms with Gasteiger partial charge in [0.2, 0.25) is 0 Å². The van der Waals surface area contributed by atoms with Crippen LogP contribution in [0.5, 0.6) is 0 Å². The van der Waals surface area contributed by atoms with Crippen molar-refractivity contribution in [2.75, 3.05) is 0 Å². The van der Waals surface area contributed by atoms with Crippen molar-refractivity contribution in [1.82, 2.24) is 9.13 Å². The van der Waals surface area contributed by atoms with Crippen LogP contribution in [0.25, 0.3) is 118 Å². The molecule has 1 aliphatic heterocycles. The minimum atomic E-state index is -0.407. The Labute approximate surface area is 445 Å². The minimum Gasteiger partial charge on any atom is -0.399 e. The molecule has 0 spiro atoms. The molecule has 0 amide bonds. The normalized spacial score (nSPS) is 14.4. The van der Waals surface area contributed by atoms with E-state index in [4.69, 9.17) is 9.31 Å². The number of hydrogen-bond donors (Lipinski definition) is 0. The van der Waals surface area contributed by atoms with Gasteiger partial charge in [0.25, 0.3) is 0 Å². The largest absolute Gasteiger partial charge is 0.494 e. The molecule has 0 atom stereocenters. The first-order valence-corrected chi connectivity index (χ1v) is 27.6. The van der Waals surface area contributed by atoms with E-state index in [0.29, 0.717) is 0 Å². The smallest absolute Gasteiger partial charge is 0.399 e. The molecule has 14 aromatic rings. The third-order valence-electron chi connectivity index (χ3n) is 15.5. The highest BCUT2D eigenvalue weighted by Crippen LogP contribution is 2.44. The maximum absolute atomic E-state index is 6.46. The van der Waals surface area contributed by atoms with Crippen LogP contribution < -0.4 is 5.46 Å². The molecule has 8 heteroatoms. The molecule has 4 nitrogen and oxygen atoms in total. The molecule has 356 valence electrons. The third-order valence-corrected chi connectivity index (χ3v) is 18.2. The van der Waals surface area contributed by atoms with Crippen LogP contribution >= 0.6 is 38.6 Å². The highest BCUT2D eigenvalue weighted by atomic mass is 79.9. The summed E-state index contributed by atoms with van der Waals surface area (Å²) < 4.78 is 24.1. The average Bonchev–Trinajstić information content (AvgIpc) is 4.21. The SMILES string of the molecule is Brc1ccc2c(c1)c1cc3c(cc1n2-c1cccc(-c2ccccc2)c1)sc1ccccc13.CC1(C)OB(c2ccc3c(c2)c2cc4c(cc2n3-c2cccc(-c3ccccc3)c2)sc2ccccc24)OC1(C)C. The molecule has 0 N–H and O–H groups in total. The second-order valence-corrected chi connectivity index (χ2v) is 23.5. The van der Waals surface area contributed by atoms with Gasteiger partial charge in [-0.1, -0.05) is 149 Å². The molecule has 15 rings (SSSR count). The zero-order valence-corrected chi connectivity index (χ0v) is 44.5. The van der Waals surface area contributed by atoms with Gasteiger partial charge in [-0.05, 0) is 140 Å². The number of halogens is 1. The van der Waals surface area contributed by atoms with Gasteiger partial charge in [-0.3, -0.25) is 0 Å². The maximum atomic E-state index is 6.46. The van der Waals surface area contributed by atoms with Crippen molar-refractivity contribution in [1.29, 1.82) is 0 Å². The molecule has 0 saturated carbocycles. The van der Waals surface area contributed by atoms with Gasteiger partial charge in [-0.2, -0.15) is 0 Å². The molecule has 10 aromatic carbocycles. The summed E-state index contributed by atoms with van der Waals surface area (Å²) in [6.07, 6.45) is 0. The van der Waals surface area contributed by atoms with Gasteiger partial charge in [-0.25, -0.2) is 0 Å². The highest BCUT2D eigenvalue weighted by molar-refractivity contribution is 9.10. The van der Waals surface area contributed by atoms with Gasteiger partial charge in [0, 0.05) is 77.7 Å². The number of fused-ring (bicyclic) bond motifs is 12. The van der Waals surface area contributed by atoms with E-state index in [1.807, 2.05) is 22.7 Å². The van der Waals surface area contributed by atoms with Crippen LogP contribution in [0.15, 0.2) is 223 Å². The lowest BCUT2D eigenvalue weighted by Gasteiger charge is -2.32. The standard InChI is InChI=1S/C36H30BNO2S.C30H18BrNS/c1-35(2)36(3,4)40-37(39-35)25-17-18-31-28(20-25)29-21-30-27-15-8-9-16-33(27)41-34(30)22-32(29)38(31)26-14-10-13-24(19-26)23-11-6-5-7-12-23;31-21-13-14-27-24(16-21)25-17-26-23-11-4-5-12-29(23)33-30(26)18-28(25)32(27)22-10-6-9-20(15-22)19-7-2-1-3-8-19/h5-22H,1-4H3;1-18H. The number of aromatic nitrogens is 2. The monoisotopic (exact) mass is 1050 g/mol. The number of nitrogens with zero attached hydrogens (tertiary/aromatic N) is 2. The fourth-order valence-corrected chi connectivity index (χ4v) is 13.7. The van der Waals surface area contributed by atoms with Crippen LogP contribution in [0.1, 0.15) is 27.7 Å². The Morgan fingerprint density at radius 3 is 1.30 bits per heavy atom. The van der Waals surface area contributed by atoms with Crippen molar-refractivity contribution in [2.24, 2.45) is 0 Å². The summed E-state index contributed by atoms with van der Waals surface area (Å²) >= 11 is 7.43. The summed E-state index contributed by atoms with van der Waals surface area (Å²) in [5.41, 5.74) is 12.3. The van der Waals surface area contributed by atoms with Gasteiger partial charge in [-0.15, -0.1) is 22.7 Å². The number of benzene rings is 10. The summed E-state index contributed by atoms with van der Waals surface area (Å²) in [5, 5.41) is 10.3. The van der Waals surface area contributed by atoms with Crippen LogP contribution in [0.3, 0.4) is 0 Å². The number of rotatable bonds is 5. The predicted octanol–water partition coefficient (Wildman–Crippen LogP) is 18.7. The van der Waals surface area contributed by atoms with Gasteiger partial charge in [0.05, 0.1) is 33.3 Å².